The van der Waals surface area contributed by atoms with Crippen LogP contribution in [-0.2, 0) is 6.18 Å². The molecule has 31 heavy (non-hydrogen) atoms. The van der Waals surface area contributed by atoms with Crippen LogP contribution in [0.5, 0.6) is 0 Å². The lowest BCUT2D eigenvalue weighted by Gasteiger charge is -2.36. The van der Waals surface area contributed by atoms with Crippen LogP contribution in [0, 0.1) is 5.82 Å². The van der Waals surface area contributed by atoms with Gasteiger partial charge in [0.05, 0.1) is 5.56 Å². The summed E-state index contributed by atoms with van der Waals surface area (Å²) in [6.07, 6.45) is -4.54. The van der Waals surface area contributed by atoms with Gasteiger partial charge in [0, 0.05) is 37.4 Å². The molecule has 1 saturated heterocycles. The highest BCUT2D eigenvalue weighted by Gasteiger charge is 2.33. The van der Waals surface area contributed by atoms with E-state index in [0.717, 1.165) is 17.8 Å². The summed E-state index contributed by atoms with van der Waals surface area (Å²) in [7, 11) is 0. The summed E-state index contributed by atoms with van der Waals surface area (Å²) in [6.45, 7) is 1.70. The lowest BCUT2D eigenvalue weighted by atomic mass is 10.0. The van der Waals surface area contributed by atoms with Crippen LogP contribution in [0.2, 0.25) is 0 Å². The van der Waals surface area contributed by atoms with Gasteiger partial charge >= 0.3 is 6.18 Å². The number of piperazine rings is 1. The van der Waals surface area contributed by atoms with E-state index in [1.807, 2.05) is 4.90 Å². The molecule has 1 fully saturated rings. The number of benzene rings is 2. The maximum Gasteiger partial charge on any atom is 0.416 e. The standard InChI is InChI=1S/C21H18F4N4O2/c22-15-4-6-16(7-5-15)28-8-10-29(11-9-28)20(30)17-18(27-31-19(17)26)13-2-1-3-14(12-13)21(23,24)25/h1-7,12H,8-11,26H2. The number of carbonyl (C=O) groups excluding carboxylic acids is 1. The van der Waals surface area contributed by atoms with Crippen LogP contribution in [-0.4, -0.2) is 42.1 Å². The number of anilines is 2. The van der Waals surface area contributed by atoms with Crippen molar-refractivity contribution in [3.63, 3.8) is 0 Å². The van der Waals surface area contributed by atoms with E-state index < -0.39 is 17.6 Å². The summed E-state index contributed by atoms with van der Waals surface area (Å²) in [5, 5.41) is 3.74. The van der Waals surface area contributed by atoms with Gasteiger partial charge in [0.15, 0.2) is 0 Å². The molecule has 162 valence electrons. The first kappa shape index (κ1) is 20.7. The number of carbonyl (C=O) groups is 1. The van der Waals surface area contributed by atoms with Crippen molar-refractivity contribution in [2.75, 3.05) is 36.8 Å². The van der Waals surface area contributed by atoms with E-state index in [9.17, 15) is 22.4 Å². The van der Waals surface area contributed by atoms with Crippen LogP contribution >= 0.6 is 0 Å². The van der Waals surface area contributed by atoms with Gasteiger partial charge in [0.25, 0.3) is 5.91 Å². The second-order valence-electron chi connectivity index (χ2n) is 7.10. The number of amides is 1. The van der Waals surface area contributed by atoms with E-state index in [2.05, 4.69) is 5.16 Å². The van der Waals surface area contributed by atoms with Gasteiger partial charge in [-0.1, -0.05) is 17.3 Å². The number of halogens is 4. The van der Waals surface area contributed by atoms with Crippen molar-refractivity contribution in [3.05, 3.63) is 65.5 Å². The molecular formula is C21H18F4N4O2. The third-order valence-electron chi connectivity index (χ3n) is 5.15. The topological polar surface area (TPSA) is 75.6 Å². The normalized spacial score (nSPS) is 14.7. The van der Waals surface area contributed by atoms with Gasteiger partial charge in [0.1, 0.15) is 17.1 Å². The van der Waals surface area contributed by atoms with Crippen molar-refractivity contribution in [1.29, 1.82) is 0 Å². The summed E-state index contributed by atoms with van der Waals surface area (Å²) in [5.74, 6) is -1.05. The van der Waals surface area contributed by atoms with Crippen LogP contribution in [0.15, 0.2) is 53.1 Å². The highest BCUT2D eigenvalue weighted by atomic mass is 19.4. The second-order valence-corrected chi connectivity index (χ2v) is 7.10. The van der Waals surface area contributed by atoms with Crippen molar-refractivity contribution in [2.45, 2.75) is 6.18 Å². The molecule has 2 N–H and O–H groups in total. The van der Waals surface area contributed by atoms with Crippen molar-refractivity contribution in [1.82, 2.24) is 10.1 Å². The number of nitrogen functional groups attached to an aromatic ring is 1. The molecule has 1 aliphatic heterocycles. The zero-order valence-electron chi connectivity index (χ0n) is 16.2. The number of nitrogens with zero attached hydrogens (tertiary/aromatic N) is 3. The van der Waals surface area contributed by atoms with Crippen LogP contribution < -0.4 is 10.6 Å². The Hall–Kier alpha value is -3.56. The highest BCUT2D eigenvalue weighted by Crippen LogP contribution is 2.34. The van der Waals surface area contributed by atoms with Crippen LogP contribution in [0.3, 0.4) is 0 Å². The number of rotatable bonds is 3. The third kappa shape index (κ3) is 4.18. The largest absolute Gasteiger partial charge is 0.416 e. The fraction of sp³-hybridized carbons (Fsp3) is 0.238. The first-order valence-corrected chi connectivity index (χ1v) is 9.46. The molecule has 0 bridgehead atoms. The Morgan fingerprint density at radius 1 is 1.03 bits per heavy atom. The average Bonchev–Trinajstić information content (AvgIpc) is 3.15. The van der Waals surface area contributed by atoms with Gasteiger partial charge in [-0.2, -0.15) is 13.2 Å². The van der Waals surface area contributed by atoms with E-state index in [4.69, 9.17) is 10.3 Å². The maximum absolute atomic E-state index is 13.1. The quantitative estimate of drug-likeness (QED) is 0.630. The Labute approximate surface area is 174 Å². The summed E-state index contributed by atoms with van der Waals surface area (Å²) in [4.78, 5) is 16.7. The minimum Gasteiger partial charge on any atom is -0.368 e. The molecular weight excluding hydrogens is 416 g/mol. The number of hydrogen-bond donors (Lipinski definition) is 1. The molecule has 2 aromatic carbocycles. The number of nitrogens with two attached hydrogens (primary N) is 1. The number of hydrogen-bond acceptors (Lipinski definition) is 5. The summed E-state index contributed by atoms with van der Waals surface area (Å²) >= 11 is 0. The van der Waals surface area contributed by atoms with Crippen molar-refractivity contribution in [2.24, 2.45) is 0 Å². The van der Waals surface area contributed by atoms with Gasteiger partial charge in [-0.25, -0.2) is 4.39 Å². The molecule has 0 unspecified atom stereocenters. The predicted molar refractivity (Wildman–Crippen MR) is 106 cm³/mol. The fourth-order valence-electron chi connectivity index (χ4n) is 3.53. The minimum absolute atomic E-state index is 0.0328. The highest BCUT2D eigenvalue weighted by molar-refractivity contribution is 6.03. The lowest BCUT2D eigenvalue weighted by molar-refractivity contribution is -0.137. The molecule has 0 radical (unpaired) electrons. The molecule has 0 spiro atoms. The molecule has 10 heteroatoms. The number of alkyl halides is 3. The summed E-state index contributed by atoms with van der Waals surface area (Å²) < 4.78 is 57.3. The summed E-state index contributed by atoms with van der Waals surface area (Å²) in [6, 6.07) is 10.5. The Kier molecular flexibility index (Phi) is 5.30. The zero-order chi connectivity index (χ0) is 22.2. The van der Waals surface area contributed by atoms with Gasteiger partial charge in [0.2, 0.25) is 5.88 Å². The molecule has 0 saturated carbocycles. The van der Waals surface area contributed by atoms with Gasteiger partial charge < -0.3 is 20.1 Å². The van der Waals surface area contributed by atoms with Crippen LogP contribution in [0.1, 0.15) is 15.9 Å². The Morgan fingerprint density at radius 3 is 2.35 bits per heavy atom. The molecule has 1 aliphatic rings. The van der Waals surface area contributed by atoms with Gasteiger partial charge in [-0.05, 0) is 36.4 Å². The Bertz CT molecular complexity index is 1090. The SMILES string of the molecule is Nc1onc(-c2cccc(C(F)(F)F)c2)c1C(=O)N1CCN(c2ccc(F)cc2)CC1. The lowest BCUT2D eigenvalue weighted by Crippen LogP contribution is -2.49. The van der Waals surface area contributed by atoms with Gasteiger partial charge in [-0.3, -0.25) is 4.79 Å². The average molecular weight is 434 g/mol. The molecule has 1 amide bonds. The Balaban J connectivity index is 1.54. The predicted octanol–water partition coefficient (Wildman–Crippen LogP) is 4.04. The van der Waals surface area contributed by atoms with E-state index >= 15 is 0 Å². The second kappa shape index (κ2) is 7.93. The van der Waals surface area contributed by atoms with E-state index in [1.165, 1.54) is 24.3 Å². The van der Waals surface area contributed by atoms with E-state index in [1.54, 1.807) is 17.0 Å². The smallest absolute Gasteiger partial charge is 0.368 e. The van der Waals surface area contributed by atoms with Gasteiger partial charge in [-0.15, -0.1) is 0 Å². The molecule has 4 rings (SSSR count). The Morgan fingerprint density at radius 2 is 1.71 bits per heavy atom. The summed E-state index contributed by atoms with van der Waals surface area (Å²) in [5.41, 5.74) is 5.76. The molecule has 3 aromatic rings. The van der Waals surface area contributed by atoms with Crippen molar-refractivity contribution >= 4 is 17.5 Å². The number of aromatic nitrogens is 1. The first-order chi connectivity index (χ1) is 14.7. The molecule has 0 aliphatic carbocycles. The molecule has 0 atom stereocenters. The van der Waals surface area contributed by atoms with Crippen LogP contribution in [0.4, 0.5) is 29.1 Å². The zero-order valence-corrected chi connectivity index (χ0v) is 16.2. The van der Waals surface area contributed by atoms with Crippen molar-refractivity contribution in [3.8, 4) is 11.3 Å². The molecule has 1 aromatic heterocycles. The maximum atomic E-state index is 13.1. The van der Waals surface area contributed by atoms with Crippen LogP contribution in [0.25, 0.3) is 11.3 Å². The third-order valence-corrected chi connectivity index (χ3v) is 5.15. The van der Waals surface area contributed by atoms with E-state index in [-0.39, 0.29) is 28.5 Å². The fourth-order valence-corrected chi connectivity index (χ4v) is 3.53. The molecule has 6 nitrogen and oxygen atoms in total. The minimum atomic E-state index is -4.54. The first-order valence-electron chi connectivity index (χ1n) is 9.46. The van der Waals surface area contributed by atoms with E-state index in [0.29, 0.717) is 26.2 Å². The van der Waals surface area contributed by atoms with Crippen molar-refractivity contribution < 1.29 is 26.9 Å². The monoisotopic (exact) mass is 434 g/mol. The molecule has 2 heterocycles.